The van der Waals surface area contributed by atoms with Gasteiger partial charge in [-0.15, -0.1) is 0 Å². The van der Waals surface area contributed by atoms with Crippen LogP contribution in [0.2, 0.25) is 0 Å². The van der Waals surface area contributed by atoms with Gasteiger partial charge in [-0.3, -0.25) is 4.79 Å². The van der Waals surface area contributed by atoms with Crippen molar-refractivity contribution in [3.8, 4) is 0 Å². The Morgan fingerprint density at radius 2 is 2.05 bits per heavy atom. The number of carbonyl (C=O) groups is 1. The molecule has 0 radical (unpaired) electrons. The van der Waals surface area contributed by atoms with Gasteiger partial charge in [0.25, 0.3) is 0 Å². The molecule has 1 aliphatic rings. The van der Waals surface area contributed by atoms with Crippen molar-refractivity contribution < 1.29 is 14.6 Å². The molecular weight excluding hydrogens is 242 g/mol. The topological polar surface area (TPSA) is 58.6 Å². The minimum absolute atomic E-state index is 0.0885. The third-order valence-corrected chi connectivity index (χ3v) is 3.46. The van der Waals surface area contributed by atoms with Crippen molar-refractivity contribution in [3.05, 3.63) is 35.4 Å². The van der Waals surface area contributed by atoms with Crippen LogP contribution in [0, 0.1) is 0 Å². The van der Waals surface area contributed by atoms with Crippen LogP contribution in [-0.2, 0) is 22.5 Å². The summed E-state index contributed by atoms with van der Waals surface area (Å²) in [4.78, 5) is 10.6. The van der Waals surface area contributed by atoms with Gasteiger partial charge in [-0.2, -0.15) is 0 Å². The summed E-state index contributed by atoms with van der Waals surface area (Å²) in [7, 11) is 0. The van der Waals surface area contributed by atoms with Crippen LogP contribution in [0.15, 0.2) is 24.3 Å². The molecule has 1 fully saturated rings. The number of hydrogen-bond acceptors (Lipinski definition) is 3. The van der Waals surface area contributed by atoms with E-state index in [2.05, 4.69) is 12.2 Å². The molecule has 1 aromatic rings. The summed E-state index contributed by atoms with van der Waals surface area (Å²) in [6, 6.07) is 8.28. The quantitative estimate of drug-likeness (QED) is 0.852. The lowest BCUT2D eigenvalue weighted by Gasteiger charge is -2.28. The smallest absolute Gasteiger partial charge is 0.307 e. The Morgan fingerprint density at radius 1 is 1.37 bits per heavy atom. The Hall–Kier alpha value is -1.39. The van der Waals surface area contributed by atoms with Crippen molar-refractivity contribution in [2.45, 2.75) is 44.9 Å². The van der Waals surface area contributed by atoms with Crippen molar-refractivity contribution in [1.82, 2.24) is 5.32 Å². The first-order valence-corrected chi connectivity index (χ1v) is 6.78. The molecule has 1 aromatic carbocycles. The number of carboxylic acid groups (broad SMARTS) is 1. The second kappa shape index (κ2) is 6.68. The lowest BCUT2D eigenvalue weighted by atomic mass is 10.0. The number of aliphatic carboxylic acids is 1. The first kappa shape index (κ1) is 14.0. The summed E-state index contributed by atoms with van der Waals surface area (Å²) >= 11 is 0. The number of hydrogen-bond donors (Lipinski definition) is 2. The van der Waals surface area contributed by atoms with E-state index in [9.17, 15) is 4.79 Å². The van der Waals surface area contributed by atoms with Gasteiger partial charge >= 0.3 is 5.97 Å². The molecule has 0 spiro atoms. The Kier molecular flexibility index (Phi) is 4.93. The number of rotatable bonds is 5. The summed E-state index contributed by atoms with van der Waals surface area (Å²) in [6.07, 6.45) is 2.54. The maximum Gasteiger partial charge on any atom is 0.307 e. The molecule has 2 atom stereocenters. The van der Waals surface area contributed by atoms with E-state index >= 15 is 0 Å². The largest absolute Gasteiger partial charge is 0.481 e. The average Bonchev–Trinajstić information content (AvgIpc) is 2.37. The predicted molar refractivity (Wildman–Crippen MR) is 73.1 cm³/mol. The summed E-state index contributed by atoms with van der Waals surface area (Å²) in [5.74, 6) is -0.790. The SMILES string of the molecule is CC1CC(NCc2ccc(CC(=O)O)cc2)CCO1. The first-order valence-electron chi connectivity index (χ1n) is 6.78. The Bertz CT molecular complexity index is 416. The van der Waals surface area contributed by atoms with Gasteiger partial charge < -0.3 is 15.2 Å². The Labute approximate surface area is 113 Å². The van der Waals surface area contributed by atoms with Gasteiger partial charge in [-0.1, -0.05) is 24.3 Å². The van der Waals surface area contributed by atoms with Gasteiger partial charge in [0.15, 0.2) is 0 Å². The van der Waals surface area contributed by atoms with Crippen molar-refractivity contribution in [3.63, 3.8) is 0 Å². The van der Waals surface area contributed by atoms with Gasteiger partial charge in [0.1, 0.15) is 0 Å². The molecule has 2 rings (SSSR count). The van der Waals surface area contributed by atoms with E-state index in [1.807, 2.05) is 24.3 Å². The maximum absolute atomic E-state index is 10.6. The molecule has 0 aromatic heterocycles. The zero-order valence-corrected chi connectivity index (χ0v) is 11.3. The molecule has 2 unspecified atom stereocenters. The highest BCUT2D eigenvalue weighted by Crippen LogP contribution is 2.14. The first-order chi connectivity index (χ1) is 9.13. The van der Waals surface area contributed by atoms with Crippen LogP contribution < -0.4 is 5.32 Å². The van der Waals surface area contributed by atoms with Gasteiger partial charge in [0.2, 0.25) is 0 Å². The van der Waals surface area contributed by atoms with Crippen molar-refractivity contribution in [2.24, 2.45) is 0 Å². The van der Waals surface area contributed by atoms with E-state index in [-0.39, 0.29) is 6.42 Å². The highest BCUT2D eigenvalue weighted by atomic mass is 16.5. The van der Waals surface area contributed by atoms with Crippen molar-refractivity contribution in [2.75, 3.05) is 6.61 Å². The van der Waals surface area contributed by atoms with Gasteiger partial charge in [-0.05, 0) is 30.9 Å². The highest BCUT2D eigenvalue weighted by Gasteiger charge is 2.18. The van der Waals surface area contributed by atoms with Crippen molar-refractivity contribution >= 4 is 5.97 Å². The van der Waals surface area contributed by atoms with E-state index in [1.165, 1.54) is 5.56 Å². The summed E-state index contributed by atoms with van der Waals surface area (Å²) in [5, 5.41) is 12.2. The molecule has 1 saturated heterocycles. The second-order valence-electron chi connectivity index (χ2n) is 5.17. The molecule has 2 N–H and O–H groups in total. The fraction of sp³-hybridized carbons (Fsp3) is 0.533. The van der Waals surface area contributed by atoms with Gasteiger partial charge in [0.05, 0.1) is 12.5 Å². The molecule has 0 amide bonds. The van der Waals surface area contributed by atoms with Crippen LogP contribution in [0.1, 0.15) is 30.9 Å². The standard InChI is InChI=1S/C15H21NO3/c1-11-8-14(6-7-19-11)16-10-13-4-2-12(3-5-13)9-15(17)18/h2-5,11,14,16H,6-10H2,1H3,(H,17,18). The number of carboxylic acids is 1. The molecule has 1 aliphatic heterocycles. The van der Waals surface area contributed by atoms with Crippen LogP contribution in [-0.4, -0.2) is 29.8 Å². The summed E-state index contributed by atoms with van der Waals surface area (Å²) in [6.45, 7) is 3.76. The fourth-order valence-corrected chi connectivity index (χ4v) is 2.40. The Balaban J connectivity index is 1.81. The lowest BCUT2D eigenvalue weighted by Crippen LogP contribution is -2.37. The molecule has 4 nitrogen and oxygen atoms in total. The molecule has 19 heavy (non-hydrogen) atoms. The predicted octanol–water partition coefficient (Wildman–Crippen LogP) is 1.97. The average molecular weight is 263 g/mol. The zero-order valence-electron chi connectivity index (χ0n) is 11.3. The third-order valence-electron chi connectivity index (χ3n) is 3.46. The van der Waals surface area contributed by atoms with E-state index < -0.39 is 5.97 Å². The Morgan fingerprint density at radius 3 is 2.68 bits per heavy atom. The van der Waals surface area contributed by atoms with Crippen LogP contribution in [0.5, 0.6) is 0 Å². The fourth-order valence-electron chi connectivity index (χ4n) is 2.40. The molecule has 4 heteroatoms. The van der Waals surface area contributed by atoms with Crippen LogP contribution in [0.4, 0.5) is 0 Å². The number of ether oxygens (including phenoxy) is 1. The molecular formula is C15H21NO3. The third kappa shape index (κ3) is 4.65. The summed E-state index contributed by atoms with van der Waals surface area (Å²) in [5.41, 5.74) is 2.03. The molecule has 0 aliphatic carbocycles. The maximum atomic E-state index is 10.6. The lowest BCUT2D eigenvalue weighted by molar-refractivity contribution is -0.136. The van der Waals surface area contributed by atoms with E-state index in [0.29, 0.717) is 12.1 Å². The number of benzene rings is 1. The van der Waals surface area contributed by atoms with Gasteiger partial charge in [-0.25, -0.2) is 0 Å². The normalized spacial score (nSPS) is 23.2. The van der Waals surface area contributed by atoms with Gasteiger partial charge in [0, 0.05) is 19.2 Å². The molecule has 1 heterocycles. The van der Waals surface area contributed by atoms with E-state index in [0.717, 1.165) is 31.6 Å². The number of nitrogens with one attached hydrogen (secondary N) is 1. The second-order valence-corrected chi connectivity index (χ2v) is 5.17. The van der Waals surface area contributed by atoms with Crippen molar-refractivity contribution in [1.29, 1.82) is 0 Å². The highest BCUT2D eigenvalue weighted by molar-refractivity contribution is 5.70. The monoisotopic (exact) mass is 263 g/mol. The van der Waals surface area contributed by atoms with Crippen LogP contribution in [0.25, 0.3) is 0 Å². The van der Waals surface area contributed by atoms with Crippen LogP contribution >= 0.6 is 0 Å². The van der Waals surface area contributed by atoms with E-state index in [4.69, 9.17) is 9.84 Å². The van der Waals surface area contributed by atoms with E-state index in [1.54, 1.807) is 0 Å². The molecule has 0 saturated carbocycles. The minimum atomic E-state index is -0.790. The zero-order chi connectivity index (χ0) is 13.7. The summed E-state index contributed by atoms with van der Waals surface area (Å²) < 4.78 is 5.52. The molecule has 104 valence electrons. The van der Waals surface area contributed by atoms with Crippen LogP contribution in [0.3, 0.4) is 0 Å². The molecule has 0 bridgehead atoms. The minimum Gasteiger partial charge on any atom is -0.481 e.